The predicted molar refractivity (Wildman–Crippen MR) is 95.0 cm³/mol. The number of hydrogen-bond donors (Lipinski definition) is 1. The number of halogens is 2. The van der Waals surface area contributed by atoms with Gasteiger partial charge in [-0.05, 0) is 68.9 Å². The van der Waals surface area contributed by atoms with Crippen molar-refractivity contribution < 1.29 is 9.47 Å². The van der Waals surface area contributed by atoms with Crippen LogP contribution >= 0.6 is 31.9 Å². The smallest absolute Gasteiger partial charge is 0.148 e. The van der Waals surface area contributed by atoms with Crippen LogP contribution in [0.15, 0.2) is 21.1 Å². The summed E-state index contributed by atoms with van der Waals surface area (Å²) in [5.74, 6) is 1.51. The lowest BCUT2D eigenvalue weighted by Gasteiger charge is -2.18. The van der Waals surface area contributed by atoms with Gasteiger partial charge in [-0.3, -0.25) is 0 Å². The van der Waals surface area contributed by atoms with Gasteiger partial charge in [-0.2, -0.15) is 0 Å². The van der Waals surface area contributed by atoms with Crippen LogP contribution in [0.2, 0.25) is 0 Å². The zero-order valence-corrected chi connectivity index (χ0v) is 16.4. The van der Waals surface area contributed by atoms with Crippen LogP contribution in [0.25, 0.3) is 0 Å². The van der Waals surface area contributed by atoms with Crippen molar-refractivity contribution in [1.29, 1.82) is 0 Å². The van der Waals surface area contributed by atoms with E-state index in [0.717, 1.165) is 34.2 Å². The summed E-state index contributed by atoms with van der Waals surface area (Å²) in [5.41, 5.74) is 1.23. The van der Waals surface area contributed by atoms with Gasteiger partial charge in [0.15, 0.2) is 0 Å². The molecule has 0 radical (unpaired) electrons. The van der Waals surface area contributed by atoms with E-state index in [2.05, 4.69) is 70.1 Å². The molecular formula is C16H25Br2NO2. The van der Waals surface area contributed by atoms with Crippen molar-refractivity contribution >= 4 is 31.9 Å². The van der Waals surface area contributed by atoms with Crippen LogP contribution in [0.3, 0.4) is 0 Å². The first-order valence-corrected chi connectivity index (χ1v) is 8.86. The summed E-state index contributed by atoms with van der Waals surface area (Å²) in [6.45, 7) is 9.04. The third kappa shape index (κ3) is 7.13. The Labute approximate surface area is 145 Å². The summed E-state index contributed by atoms with van der Waals surface area (Å²) < 4.78 is 13.0. The molecule has 1 N–H and O–H groups in total. The first-order valence-electron chi connectivity index (χ1n) is 7.28. The standard InChI is InChI=1S/C16H25Br2NO2/c1-11(2)9-19-10-13-7-14(17)16(15(18)8-13)21-12(3)5-6-20-4/h7-8,11-12,19H,5-6,9-10H2,1-4H3. The Balaban J connectivity index is 2.66. The van der Waals surface area contributed by atoms with E-state index >= 15 is 0 Å². The summed E-state index contributed by atoms with van der Waals surface area (Å²) in [4.78, 5) is 0. The molecule has 0 heterocycles. The fourth-order valence-corrected chi connectivity index (χ4v) is 3.34. The summed E-state index contributed by atoms with van der Waals surface area (Å²) in [7, 11) is 1.71. The second-order valence-corrected chi connectivity index (χ2v) is 7.33. The second kappa shape index (κ2) is 9.82. The molecule has 0 aromatic heterocycles. The first kappa shape index (κ1) is 18.9. The molecule has 21 heavy (non-hydrogen) atoms. The van der Waals surface area contributed by atoms with E-state index in [4.69, 9.17) is 9.47 Å². The number of nitrogens with one attached hydrogen (secondary N) is 1. The summed E-state index contributed by atoms with van der Waals surface area (Å²) in [5, 5.41) is 3.44. The average molecular weight is 423 g/mol. The van der Waals surface area contributed by atoms with Crippen LogP contribution in [0.5, 0.6) is 5.75 Å². The van der Waals surface area contributed by atoms with Gasteiger partial charge in [0.25, 0.3) is 0 Å². The van der Waals surface area contributed by atoms with Crippen molar-refractivity contribution in [2.75, 3.05) is 20.3 Å². The van der Waals surface area contributed by atoms with Crippen LogP contribution in [-0.4, -0.2) is 26.4 Å². The lowest BCUT2D eigenvalue weighted by atomic mass is 10.2. The van der Waals surface area contributed by atoms with Crippen molar-refractivity contribution in [3.05, 3.63) is 26.6 Å². The van der Waals surface area contributed by atoms with E-state index in [1.165, 1.54) is 5.56 Å². The summed E-state index contributed by atoms with van der Waals surface area (Å²) in [6, 6.07) is 4.22. The molecule has 0 saturated carbocycles. The summed E-state index contributed by atoms with van der Waals surface area (Å²) in [6.07, 6.45) is 0.982. The Morgan fingerprint density at radius 3 is 2.29 bits per heavy atom. The lowest BCUT2D eigenvalue weighted by molar-refractivity contribution is 0.134. The van der Waals surface area contributed by atoms with E-state index in [9.17, 15) is 0 Å². The maximum absolute atomic E-state index is 5.98. The monoisotopic (exact) mass is 421 g/mol. The van der Waals surface area contributed by atoms with Crippen molar-refractivity contribution in [3.8, 4) is 5.75 Å². The fourth-order valence-electron chi connectivity index (χ4n) is 1.88. The van der Waals surface area contributed by atoms with Crippen LogP contribution < -0.4 is 10.1 Å². The van der Waals surface area contributed by atoms with E-state index in [0.29, 0.717) is 12.5 Å². The zero-order chi connectivity index (χ0) is 15.8. The molecule has 5 heteroatoms. The Bertz CT molecular complexity index is 415. The van der Waals surface area contributed by atoms with E-state index < -0.39 is 0 Å². The Morgan fingerprint density at radius 2 is 1.76 bits per heavy atom. The predicted octanol–water partition coefficient (Wildman–Crippen LogP) is 4.76. The molecule has 120 valence electrons. The van der Waals surface area contributed by atoms with Crippen LogP contribution in [0.4, 0.5) is 0 Å². The lowest BCUT2D eigenvalue weighted by Crippen LogP contribution is -2.19. The maximum Gasteiger partial charge on any atom is 0.148 e. The molecule has 1 aromatic rings. The summed E-state index contributed by atoms with van der Waals surface area (Å²) >= 11 is 7.20. The molecule has 1 atom stereocenters. The van der Waals surface area contributed by atoms with Crippen LogP contribution in [0, 0.1) is 5.92 Å². The minimum Gasteiger partial charge on any atom is -0.488 e. The topological polar surface area (TPSA) is 30.5 Å². The second-order valence-electron chi connectivity index (χ2n) is 5.62. The largest absolute Gasteiger partial charge is 0.488 e. The van der Waals surface area contributed by atoms with Crippen LogP contribution in [-0.2, 0) is 11.3 Å². The van der Waals surface area contributed by atoms with E-state index in [-0.39, 0.29) is 6.10 Å². The van der Waals surface area contributed by atoms with Gasteiger partial charge in [-0.1, -0.05) is 13.8 Å². The number of ether oxygens (including phenoxy) is 2. The minimum absolute atomic E-state index is 0.113. The Morgan fingerprint density at radius 1 is 1.14 bits per heavy atom. The molecule has 0 aliphatic heterocycles. The Hall–Kier alpha value is -0.100. The Kier molecular flexibility index (Phi) is 8.86. The van der Waals surface area contributed by atoms with Gasteiger partial charge in [0, 0.05) is 26.7 Å². The first-order chi connectivity index (χ1) is 9.93. The van der Waals surface area contributed by atoms with Gasteiger partial charge in [0.1, 0.15) is 5.75 Å². The third-order valence-electron chi connectivity index (χ3n) is 2.99. The van der Waals surface area contributed by atoms with Crippen molar-refractivity contribution in [1.82, 2.24) is 5.32 Å². The molecule has 1 unspecified atom stereocenters. The van der Waals surface area contributed by atoms with Crippen LogP contribution in [0.1, 0.15) is 32.8 Å². The number of hydrogen-bond acceptors (Lipinski definition) is 3. The third-order valence-corrected chi connectivity index (χ3v) is 4.17. The number of rotatable bonds is 9. The van der Waals surface area contributed by atoms with Gasteiger partial charge in [0.2, 0.25) is 0 Å². The molecule has 0 spiro atoms. The zero-order valence-electron chi connectivity index (χ0n) is 13.2. The quantitative estimate of drug-likeness (QED) is 0.622. The molecule has 0 aliphatic carbocycles. The number of benzene rings is 1. The van der Waals surface area contributed by atoms with Crippen molar-refractivity contribution in [2.45, 2.75) is 39.8 Å². The highest BCUT2D eigenvalue weighted by Crippen LogP contribution is 2.35. The van der Waals surface area contributed by atoms with Gasteiger partial charge in [0.05, 0.1) is 15.0 Å². The van der Waals surface area contributed by atoms with Gasteiger partial charge in [-0.25, -0.2) is 0 Å². The molecule has 1 rings (SSSR count). The normalized spacial score (nSPS) is 12.7. The number of methoxy groups -OCH3 is 1. The van der Waals surface area contributed by atoms with Gasteiger partial charge < -0.3 is 14.8 Å². The molecule has 0 aliphatic rings. The highest BCUT2D eigenvalue weighted by Gasteiger charge is 2.12. The van der Waals surface area contributed by atoms with Crippen molar-refractivity contribution in [3.63, 3.8) is 0 Å². The molecule has 0 bridgehead atoms. The fraction of sp³-hybridized carbons (Fsp3) is 0.625. The molecule has 0 fully saturated rings. The molecule has 0 saturated heterocycles. The SMILES string of the molecule is COCCC(C)Oc1c(Br)cc(CNCC(C)C)cc1Br. The van der Waals surface area contributed by atoms with E-state index in [1.54, 1.807) is 7.11 Å². The molecule has 1 aromatic carbocycles. The van der Waals surface area contributed by atoms with Crippen molar-refractivity contribution in [2.24, 2.45) is 5.92 Å². The van der Waals surface area contributed by atoms with Gasteiger partial charge in [-0.15, -0.1) is 0 Å². The van der Waals surface area contributed by atoms with E-state index in [1.807, 2.05) is 0 Å². The minimum atomic E-state index is 0.113. The maximum atomic E-state index is 5.98. The van der Waals surface area contributed by atoms with Gasteiger partial charge >= 0.3 is 0 Å². The molecular weight excluding hydrogens is 398 g/mol. The molecule has 3 nitrogen and oxygen atoms in total. The average Bonchev–Trinajstić information content (AvgIpc) is 2.40. The highest BCUT2D eigenvalue weighted by molar-refractivity contribution is 9.11. The molecule has 0 amide bonds. The highest BCUT2D eigenvalue weighted by atomic mass is 79.9.